The van der Waals surface area contributed by atoms with E-state index in [1.54, 1.807) is 6.07 Å². The summed E-state index contributed by atoms with van der Waals surface area (Å²) >= 11 is 0. The smallest absolute Gasteiger partial charge is 0.341 e. The minimum Gasteiger partial charge on any atom is -0.478 e. The number of nitrogens with two attached hydrogens (primary N) is 2. The van der Waals surface area contributed by atoms with Crippen molar-refractivity contribution < 1.29 is 28.9 Å². The molecule has 38 heavy (non-hydrogen) atoms. The SMILES string of the molecule is C.COC(=O)c1ccc(OCc2ccccc2)nc1N.Nc1nc(OCc2ccccc2)ccc1C(=O)O. The maximum absolute atomic E-state index is 11.3. The van der Waals surface area contributed by atoms with E-state index in [0.29, 0.717) is 25.0 Å². The van der Waals surface area contributed by atoms with E-state index in [-0.39, 0.29) is 30.2 Å². The highest BCUT2D eigenvalue weighted by atomic mass is 16.5. The predicted molar refractivity (Wildman–Crippen MR) is 144 cm³/mol. The van der Waals surface area contributed by atoms with E-state index in [0.717, 1.165) is 11.1 Å². The van der Waals surface area contributed by atoms with Crippen LogP contribution in [0.3, 0.4) is 0 Å². The first-order chi connectivity index (χ1) is 17.9. The first kappa shape index (κ1) is 29.1. The van der Waals surface area contributed by atoms with Crippen molar-refractivity contribution in [1.82, 2.24) is 9.97 Å². The molecular weight excluding hydrogens is 488 g/mol. The number of pyridine rings is 2. The topological polar surface area (TPSA) is 160 Å². The maximum atomic E-state index is 11.3. The van der Waals surface area contributed by atoms with Crippen molar-refractivity contribution in [2.45, 2.75) is 20.6 Å². The Balaban J connectivity index is 0.000000260. The van der Waals surface area contributed by atoms with Crippen LogP contribution in [0, 0.1) is 0 Å². The summed E-state index contributed by atoms with van der Waals surface area (Å²) in [5.41, 5.74) is 13.4. The van der Waals surface area contributed by atoms with Gasteiger partial charge in [0.1, 0.15) is 36.0 Å². The van der Waals surface area contributed by atoms with Gasteiger partial charge >= 0.3 is 11.9 Å². The number of nitrogen functional groups attached to an aromatic ring is 2. The van der Waals surface area contributed by atoms with Crippen molar-refractivity contribution in [3.63, 3.8) is 0 Å². The fourth-order valence-electron chi connectivity index (χ4n) is 3.00. The molecule has 0 aliphatic carbocycles. The fourth-order valence-corrected chi connectivity index (χ4v) is 3.00. The third-order valence-corrected chi connectivity index (χ3v) is 4.89. The molecule has 4 rings (SSSR count). The number of anilines is 2. The Morgan fingerprint density at radius 1 is 0.711 bits per heavy atom. The highest BCUT2D eigenvalue weighted by Crippen LogP contribution is 2.17. The largest absolute Gasteiger partial charge is 0.478 e. The second-order valence-electron chi connectivity index (χ2n) is 7.51. The Bertz CT molecular complexity index is 1330. The van der Waals surface area contributed by atoms with Gasteiger partial charge in [0.2, 0.25) is 11.8 Å². The van der Waals surface area contributed by atoms with Crippen LogP contribution in [0.5, 0.6) is 11.8 Å². The number of ether oxygens (including phenoxy) is 3. The number of carbonyl (C=O) groups is 2. The number of benzene rings is 2. The number of hydrogen-bond acceptors (Lipinski definition) is 9. The molecule has 4 aromatic rings. The average molecular weight is 519 g/mol. The molecular formula is C28H30N4O6. The summed E-state index contributed by atoms with van der Waals surface area (Å²) in [6.45, 7) is 0.755. The number of carboxylic acids is 1. The number of esters is 1. The van der Waals surface area contributed by atoms with Crippen LogP contribution in [0.15, 0.2) is 84.9 Å². The Labute approximate surface area is 220 Å². The van der Waals surface area contributed by atoms with Crippen LogP contribution in [0.25, 0.3) is 0 Å². The quantitative estimate of drug-likeness (QED) is 0.281. The zero-order valence-electron chi connectivity index (χ0n) is 20.0. The lowest BCUT2D eigenvalue weighted by molar-refractivity contribution is 0.0600. The second-order valence-corrected chi connectivity index (χ2v) is 7.51. The van der Waals surface area contributed by atoms with Crippen molar-refractivity contribution in [1.29, 1.82) is 0 Å². The van der Waals surface area contributed by atoms with Crippen molar-refractivity contribution in [3.8, 4) is 11.8 Å². The van der Waals surface area contributed by atoms with E-state index >= 15 is 0 Å². The zero-order chi connectivity index (χ0) is 26.6. The molecule has 0 radical (unpaired) electrons. The number of nitrogens with zero attached hydrogens (tertiary/aromatic N) is 2. The lowest BCUT2D eigenvalue weighted by Gasteiger charge is -2.07. The molecule has 2 aromatic carbocycles. The van der Waals surface area contributed by atoms with Crippen LogP contribution in [0.2, 0.25) is 0 Å². The van der Waals surface area contributed by atoms with Gasteiger partial charge in [-0.1, -0.05) is 68.1 Å². The number of aromatic carboxylic acids is 1. The van der Waals surface area contributed by atoms with Gasteiger partial charge in [0, 0.05) is 12.1 Å². The lowest BCUT2D eigenvalue weighted by atomic mass is 10.2. The van der Waals surface area contributed by atoms with Gasteiger partial charge < -0.3 is 30.8 Å². The van der Waals surface area contributed by atoms with E-state index in [2.05, 4.69) is 14.7 Å². The van der Waals surface area contributed by atoms with Gasteiger partial charge in [0.15, 0.2) is 0 Å². The Hall–Kier alpha value is -5.12. The van der Waals surface area contributed by atoms with Crippen LogP contribution in [-0.4, -0.2) is 34.1 Å². The molecule has 0 spiro atoms. The molecule has 0 bridgehead atoms. The minimum atomic E-state index is -1.10. The molecule has 0 saturated carbocycles. The molecule has 0 aliphatic heterocycles. The van der Waals surface area contributed by atoms with Crippen LogP contribution < -0.4 is 20.9 Å². The monoisotopic (exact) mass is 518 g/mol. The summed E-state index contributed by atoms with van der Waals surface area (Å²) in [6.07, 6.45) is 0. The van der Waals surface area contributed by atoms with Crippen LogP contribution in [0.4, 0.5) is 11.6 Å². The summed E-state index contributed by atoms with van der Waals surface area (Å²) < 4.78 is 15.5. The third-order valence-electron chi connectivity index (χ3n) is 4.89. The number of rotatable bonds is 8. The molecule has 10 nitrogen and oxygen atoms in total. The highest BCUT2D eigenvalue weighted by Gasteiger charge is 2.12. The summed E-state index contributed by atoms with van der Waals surface area (Å²) in [5, 5.41) is 8.80. The van der Waals surface area contributed by atoms with Gasteiger partial charge in [-0.05, 0) is 23.3 Å². The summed E-state index contributed by atoms with van der Waals surface area (Å²) in [6, 6.07) is 25.3. The van der Waals surface area contributed by atoms with Crippen molar-refractivity contribution >= 4 is 23.6 Å². The van der Waals surface area contributed by atoms with E-state index in [9.17, 15) is 9.59 Å². The highest BCUT2D eigenvalue weighted by molar-refractivity contribution is 5.94. The number of carboxylic acid groups (broad SMARTS) is 1. The van der Waals surface area contributed by atoms with Gasteiger partial charge in [0.05, 0.1) is 7.11 Å². The van der Waals surface area contributed by atoms with E-state index in [1.165, 1.54) is 25.3 Å². The Kier molecular flexibility index (Phi) is 11.1. The molecule has 0 aliphatic rings. The minimum absolute atomic E-state index is 0. The van der Waals surface area contributed by atoms with Gasteiger partial charge in [-0.25, -0.2) is 9.59 Å². The van der Waals surface area contributed by atoms with Crippen molar-refractivity contribution in [3.05, 3.63) is 107 Å². The predicted octanol–water partition coefficient (Wildman–Crippen LogP) is 4.61. The zero-order valence-corrected chi connectivity index (χ0v) is 20.0. The van der Waals surface area contributed by atoms with Crippen LogP contribution in [0.1, 0.15) is 39.3 Å². The summed E-state index contributed by atoms with van der Waals surface area (Å²) in [7, 11) is 1.29. The molecule has 0 fully saturated rings. The Morgan fingerprint density at radius 2 is 1.13 bits per heavy atom. The molecule has 0 saturated heterocycles. The summed E-state index contributed by atoms with van der Waals surface area (Å²) in [4.78, 5) is 30.0. The molecule has 0 amide bonds. The number of hydrogen-bond donors (Lipinski definition) is 3. The average Bonchev–Trinajstić information content (AvgIpc) is 2.92. The molecule has 10 heteroatoms. The summed E-state index contributed by atoms with van der Waals surface area (Å²) in [5.74, 6) is -0.893. The first-order valence-electron chi connectivity index (χ1n) is 11.1. The Morgan fingerprint density at radius 3 is 1.50 bits per heavy atom. The third kappa shape index (κ3) is 8.52. The van der Waals surface area contributed by atoms with E-state index in [1.807, 2.05) is 60.7 Å². The molecule has 198 valence electrons. The standard InChI is InChI=1S/C14H14N2O3.C13H12N2O3.CH4/c1-18-14(17)11-7-8-12(16-13(11)15)19-9-10-5-3-2-4-6-10;14-12-10(13(16)17)6-7-11(15-12)18-8-9-4-2-1-3-5-9;/h2-8H,9H2,1H3,(H2,15,16);1-7H,8H2,(H2,14,15)(H,16,17);1H4. The second kappa shape index (κ2) is 14.4. The normalized spacial score (nSPS) is 9.71. The van der Waals surface area contributed by atoms with Gasteiger partial charge in [-0.2, -0.15) is 9.97 Å². The number of aromatic nitrogens is 2. The van der Waals surface area contributed by atoms with Gasteiger partial charge in [-0.3, -0.25) is 0 Å². The molecule has 0 unspecified atom stereocenters. The van der Waals surface area contributed by atoms with Gasteiger partial charge in [-0.15, -0.1) is 0 Å². The van der Waals surface area contributed by atoms with Crippen LogP contribution >= 0.6 is 0 Å². The molecule has 2 aromatic heterocycles. The maximum Gasteiger partial charge on any atom is 0.341 e. The number of methoxy groups -OCH3 is 1. The lowest BCUT2D eigenvalue weighted by Crippen LogP contribution is -2.08. The molecule has 0 atom stereocenters. The first-order valence-corrected chi connectivity index (χ1v) is 11.1. The van der Waals surface area contributed by atoms with E-state index < -0.39 is 11.9 Å². The fraction of sp³-hybridized carbons (Fsp3) is 0.143. The van der Waals surface area contributed by atoms with Crippen molar-refractivity contribution in [2.75, 3.05) is 18.6 Å². The number of carbonyl (C=O) groups excluding carboxylic acids is 1. The van der Waals surface area contributed by atoms with Gasteiger partial charge in [0.25, 0.3) is 0 Å². The van der Waals surface area contributed by atoms with Crippen molar-refractivity contribution in [2.24, 2.45) is 0 Å². The molecule has 5 N–H and O–H groups in total. The van der Waals surface area contributed by atoms with E-state index in [4.69, 9.17) is 26.0 Å². The molecule has 2 heterocycles. The van der Waals surface area contributed by atoms with Crippen LogP contribution in [-0.2, 0) is 18.0 Å².